The Bertz CT molecular complexity index is 253. The molecule has 0 radical (unpaired) electrons. The number of thiazole rings is 1. The van der Waals surface area contributed by atoms with Gasteiger partial charge in [0.25, 0.3) is 0 Å². The number of aromatic nitrogens is 1. The Morgan fingerprint density at radius 2 is 2.15 bits per heavy atom. The summed E-state index contributed by atoms with van der Waals surface area (Å²) in [5.74, 6) is 0.550. The van der Waals surface area contributed by atoms with Crippen LogP contribution in [0.2, 0.25) is 0 Å². The summed E-state index contributed by atoms with van der Waals surface area (Å²) >= 11 is 1.82. The molecular weight excluding hydrogens is 180 g/mol. The van der Waals surface area contributed by atoms with Crippen molar-refractivity contribution in [2.24, 2.45) is 5.73 Å². The number of aryl methyl sites for hydroxylation is 1. The van der Waals surface area contributed by atoms with Crippen LogP contribution in [-0.2, 0) is 6.42 Å². The molecule has 0 bridgehead atoms. The molecule has 1 aromatic rings. The fraction of sp³-hybridized carbons (Fsp3) is 0.700. The van der Waals surface area contributed by atoms with Crippen LogP contribution >= 0.6 is 11.3 Å². The number of rotatable bonds is 4. The molecule has 2 nitrogen and oxygen atoms in total. The van der Waals surface area contributed by atoms with E-state index >= 15 is 0 Å². The molecule has 1 atom stereocenters. The summed E-state index contributed by atoms with van der Waals surface area (Å²) < 4.78 is 0. The van der Waals surface area contributed by atoms with Gasteiger partial charge in [-0.15, -0.1) is 11.3 Å². The van der Waals surface area contributed by atoms with Crippen molar-refractivity contribution >= 4 is 11.3 Å². The Morgan fingerprint density at radius 1 is 1.46 bits per heavy atom. The van der Waals surface area contributed by atoms with Gasteiger partial charge in [0, 0.05) is 23.0 Å². The van der Waals surface area contributed by atoms with E-state index < -0.39 is 0 Å². The molecule has 0 saturated heterocycles. The van der Waals surface area contributed by atoms with E-state index in [-0.39, 0.29) is 0 Å². The summed E-state index contributed by atoms with van der Waals surface area (Å²) in [6.45, 7) is 6.40. The van der Waals surface area contributed by atoms with E-state index in [1.54, 1.807) is 0 Å². The Hall–Kier alpha value is -0.410. The van der Waals surface area contributed by atoms with Crippen molar-refractivity contribution in [3.63, 3.8) is 0 Å². The van der Waals surface area contributed by atoms with Crippen molar-refractivity contribution in [1.82, 2.24) is 4.98 Å². The largest absolute Gasteiger partial charge is 0.328 e. The second-order valence-corrected chi connectivity index (χ2v) is 4.98. The van der Waals surface area contributed by atoms with E-state index in [4.69, 9.17) is 5.73 Å². The molecule has 0 saturated carbocycles. The van der Waals surface area contributed by atoms with Gasteiger partial charge in [0.1, 0.15) is 0 Å². The maximum atomic E-state index is 5.69. The van der Waals surface area contributed by atoms with E-state index in [0.717, 1.165) is 12.8 Å². The van der Waals surface area contributed by atoms with Crippen molar-refractivity contribution in [3.05, 3.63) is 16.1 Å². The molecule has 1 aromatic heterocycles. The summed E-state index contributed by atoms with van der Waals surface area (Å²) in [5, 5.41) is 1.24. The molecule has 0 aromatic carbocycles. The molecule has 0 aliphatic heterocycles. The molecule has 0 aliphatic carbocycles. The zero-order valence-corrected chi connectivity index (χ0v) is 9.40. The van der Waals surface area contributed by atoms with Crippen molar-refractivity contribution in [1.29, 1.82) is 0 Å². The third-order valence-corrected chi connectivity index (χ3v) is 3.27. The molecule has 1 rings (SSSR count). The van der Waals surface area contributed by atoms with E-state index in [1.165, 1.54) is 9.88 Å². The summed E-state index contributed by atoms with van der Waals surface area (Å²) in [5.41, 5.74) is 5.69. The first-order valence-electron chi connectivity index (χ1n) is 4.79. The second kappa shape index (κ2) is 4.72. The van der Waals surface area contributed by atoms with Crippen LogP contribution in [0.4, 0.5) is 0 Å². The molecule has 74 valence electrons. The van der Waals surface area contributed by atoms with Crippen molar-refractivity contribution in [2.45, 2.75) is 45.6 Å². The van der Waals surface area contributed by atoms with Gasteiger partial charge in [0.2, 0.25) is 0 Å². The molecule has 0 fully saturated rings. The first kappa shape index (κ1) is 10.7. The monoisotopic (exact) mass is 198 g/mol. The highest BCUT2D eigenvalue weighted by Gasteiger charge is 2.05. The van der Waals surface area contributed by atoms with Crippen molar-refractivity contribution in [2.75, 3.05) is 0 Å². The van der Waals surface area contributed by atoms with E-state index in [9.17, 15) is 0 Å². The molecule has 0 spiro atoms. The first-order chi connectivity index (χ1) is 6.09. The third-order valence-electron chi connectivity index (χ3n) is 1.91. The van der Waals surface area contributed by atoms with Gasteiger partial charge in [-0.3, -0.25) is 0 Å². The predicted octanol–water partition coefficient (Wildman–Crippen LogP) is 2.55. The smallest absolute Gasteiger partial charge is 0.0953 e. The van der Waals surface area contributed by atoms with Crippen LogP contribution in [0.5, 0.6) is 0 Å². The first-order valence-corrected chi connectivity index (χ1v) is 5.61. The minimum Gasteiger partial charge on any atom is -0.328 e. The van der Waals surface area contributed by atoms with Crippen LogP contribution in [0.3, 0.4) is 0 Å². The topological polar surface area (TPSA) is 38.9 Å². The summed E-state index contributed by atoms with van der Waals surface area (Å²) in [4.78, 5) is 5.73. The molecule has 13 heavy (non-hydrogen) atoms. The van der Waals surface area contributed by atoms with Crippen molar-refractivity contribution < 1.29 is 0 Å². The molecule has 3 heteroatoms. The predicted molar refractivity (Wildman–Crippen MR) is 58.2 cm³/mol. The summed E-state index contributed by atoms with van der Waals surface area (Å²) in [6.07, 6.45) is 4.12. The highest BCUT2D eigenvalue weighted by Crippen LogP contribution is 2.21. The Kier molecular flexibility index (Phi) is 3.88. The van der Waals surface area contributed by atoms with Gasteiger partial charge in [-0.05, 0) is 19.8 Å². The van der Waals surface area contributed by atoms with Gasteiger partial charge in [-0.1, -0.05) is 13.8 Å². The van der Waals surface area contributed by atoms with Gasteiger partial charge in [-0.2, -0.15) is 0 Å². The molecule has 0 unspecified atom stereocenters. The fourth-order valence-electron chi connectivity index (χ4n) is 1.08. The van der Waals surface area contributed by atoms with Crippen LogP contribution in [0.15, 0.2) is 6.20 Å². The lowest BCUT2D eigenvalue weighted by molar-refractivity contribution is 0.670. The zero-order chi connectivity index (χ0) is 9.84. The van der Waals surface area contributed by atoms with Crippen LogP contribution in [-0.4, -0.2) is 11.0 Å². The highest BCUT2D eigenvalue weighted by molar-refractivity contribution is 7.11. The lowest BCUT2D eigenvalue weighted by Crippen LogP contribution is -2.14. The van der Waals surface area contributed by atoms with E-state index in [1.807, 2.05) is 24.5 Å². The molecule has 0 amide bonds. The Balaban J connectivity index is 2.49. The normalized spacial score (nSPS) is 13.6. The number of nitrogens with two attached hydrogens (primary N) is 1. The average molecular weight is 198 g/mol. The van der Waals surface area contributed by atoms with Gasteiger partial charge in [0.05, 0.1) is 5.01 Å². The lowest BCUT2D eigenvalue weighted by Gasteiger charge is -2.01. The molecule has 2 N–H and O–H groups in total. The number of nitrogens with zero attached hydrogens (tertiary/aromatic N) is 1. The second-order valence-electron chi connectivity index (χ2n) is 3.84. The zero-order valence-electron chi connectivity index (χ0n) is 8.58. The summed E-state index contributed by atoms with van der Waals surface area (Å²) in [6, 6.07) is 0.296. The van der Waals surface area contributed by atoms with Crippen LogP contribution in [0.25, 0.3) is 0 Å². The minimum absolute atomic E-state index is 0.296. The van der Waals surface area contributed by atoms with Gasteiger partial charge >= 0.3 is 0 Å². The van der Waals surface area contributed by atoms with E-state index in [2.05, 4.69) is 18.8 Å². The highest BCUT2D eigenvalue weighted by atomic mass is 32.1. The Morgan fingerprint density at radius 3 is 2.62 bits per heavy atom. The quantitative estimate of drug-likeness (QED) is 0.807. The molecule has 1 heterocycles. The Labute approximate surface area is 84.2 Å². The van der Waals surface area contributed by atoms with Gasteiger partial charge in [-0.25, -0.2) is 4.98 Å². The average Bonchev–Trinajstić information content (AvgIpc) is 2.48. The lowest BCUT2D eigenvalue weighted by atomic mass is 10.2. The van der Waals surface area contributed by atoms with Crippen LogP contribution in [0.1, 0.15) is 43.0 Å². The molecule has 0 aliphatic rings. The van der Waals surface area contributed by atoms with E-state index in [0.29, 0.717) is 12.0 Å². The van der Waals surface area contributed by atoms with Crippen LogP contribution < -0.4 is 5.73 Å². The fourth-order valence-corrected chi connectivity index (χ4v) is 2.01. The maximum absolute atomic E-state index is 5.69. The number of hydrogen-bond acceptors (Lipinski definition) is 3. The SMILES string of the molecule is CC(C)c1ncc(CC[C@H](C)N)s1. The molecular formula is C10H18N2S. The van der Waals surface area contributed by atoms with Crippen LogP contribution in [0, 0.1) is 0 Å². The number of hydrogen-bond donors (Lipinski definition) is 1. The maximum Gasteiger partial charge on any atom is 0.0953 e. The van der Waals surface area contributed by atoms with Gasteiger partial charge < -0.3 is 5.73 Å². The van der Waals surface area contributed by atoms with Gasteiger partial charge in [0.15, 0.2) is 0 Å². The third kappa shape index (κ3) is 3.44. The minimum atomic E-state index is 0.296. The van der Waals surface area contributed by atoms with Crippen molar-refractivity contribution in [3.8, 4) is 0 Å². The summed E-state index contributed by atoms with van der Waals surface area (Å²) in [7, 11) is 0. The standard InChI is InChI=1S/C10H18N2S/c1-7(2)10-12-6-9(13-10)5-4-8(3)11/h6-8H,4-5,11H2,1-3H3/t8-/m0/s1.